The summed E-state index contributed by atoms with van der Waals surface area (Å²) < 4.78 is 5.56. The molecule has 2 heterocycles. The number of hydrogen-bond acceptors (Lipinski definition) is 4. The molecule has 2 fully saturated rings. The molecule has 2 atom stereocenters. The highest BCUT2D eigenvalue weighted by molar-refractivity contribution is 5.37. The lowest BCUT2D eigenvalue weighted by molar-refractivity contribution is -0.151. The zero-order valence-electron chi connectivity index (χ0n) is 15.7. The average Bonchev–Trinajstić information content (AvgIpc) is 2.63. The molecule has 1 N–H and O–H groups in total. The highest BCUT2D eigenvalue weighted by Gasteiger charge is 2.52. The number of nitrogens with zero attached hydrogens (tertiary/aromatic N) is 2. The van der Waals surface area contributed by atoms with Crippen LogP contribution in [0.4, 0.5) is 0 Å². The summed E-state index contributed by atoms with van der Waals surface area (Å²) in [4.78, 5) is 7.01. The van der Waals surface area contributed by atoms with Crippen LogP contribution in [0.15, 0.2) is 42.6 Å². The zero-order valence-corrected chi connectivity index (χ0v) is 15.7. The molecule has 0 radical (unpaired) electrons. The van der Waals surface area contributed by atoms with E-state index < -0.39 is 5.60 Å². The lowest BCUT2D eigenvalue weighted by Crippen LogP contribution is -2.58. The van der Waals surface area contributed by atoms with Crippen molar-refractivity contribution in [1.82, 2.24) is 9.88 Å². The van der Waals surface area contributed by atoms with Crippen LogP contribution in [0.25, 0.3) is 0 Å². The normalized spacial score (nSPS) is 28.7. The Kier molecular flexibility index (Phi) is 4.72. The molecule has 138 valence electrons. The van der Waals surface area contributed by atoms with Gasteiger partial charge in [-0.25, -0.2) is 0 Å². The molecule has 4 heteroatoms. The van der Waals surface area contributed by atoms with Crippen molar-refractivity contribution in [3.05, 3.63) is 59.4 Å². The Morgan fingerprint density at radius 2 is 1.96 bits per heavy atom. The number of hydrogen-bond donors (Lipinski definition) is 1. The number of benzene rings is 1. The van der Waals surface area contributed by atoms with E-state index in [1.54, 1.807) is 13.3 Å². The highest BCUT2D eigenvalue weighted by Crippen LogP contribution is 2.48. The molecule has 1 saturated carbocycles. The maximum Gasteiger partial charge on any atom is 0.123 e. The van der Waals surface area contributed by atoms with Crippen molar-refractivity contribution in [3.63, 3.8) is 0 Å². The molecule has 0 unspecified atom stereocenters. The third kappa shape index (κ3) is 3.01. The van der Waals surface area contributed by atoms with Gasteiger partial charge in [0, 0.05) is 43.2 Å². The van der Waals surface area contributed by atoms with E-state index in [0.29, 0.717) is 0 Å². The first-order valence-corrected chi connectivity index (χ1v) is 9.61. The van der Waals surface area contributed by atoms with Gasteiger partial charge in [-0.15, -0.1) is 0 Å². The summed E-state index contributed by atoms with van der Waals surface area (Å²) in [6, 6.07) is 12.3. The van der Waals surface area contributed by atoms with Gasteiger partial charge in [0.2, 0.25) is 0 Å². The summed E-state index contributed by atoms with van der Waals surface area (Å²) in [5, 5.41) is 11.6. The first-order chi connectivity index (χ1) is 12.6. The zero-order chi connectivity index (χ0) is 18.1. The van der Waals surface area contributed by atoms with E-state index >= 15 is 0 Å². The summed E-state index contributed by atoms with van der Waals surface area (Å²) in [6.07, 6.45) is 5.12. The number of methoxy groups -OCH3 is 1. The van der Waals surface area contributed by atoms with Crippen LogP contribution in [0, 0.1) is 18.8 Å². The predicted octanol–water partition coefficient (Wildman–Crippen LogP) is 3.52. The van der Waals surface area contributed by atoms with E-state index in [-0.39, 0.29) is 11.8 Å². The summed E-state index contributed by atoms with van der Waals surface area (Å²) in [5.41, 5.74) is 2.55. The molecule has 4 rings (SSSR count). The van der Waals surface area contributed by atoms with Crippen LogP contribution in [0.1, 0.15) is 36.1 Å². The van der Waals surface area contributed by atoms with Gasteiger partial charge in [-0.2, -0.15) is 0 Å². The number of ether oxygens (including phenoxy) is 1. The van der Waals surface area contributed by atoms with Crippen molar-refractivity contribution in [2.45, 2.75) is 38.3 Å². The van der Waals surface area contributed by atoms with E-state index in [1.165, 1.54) is 17.5 Å². The number of aromatic nitrogens is 1. The van der Waals surface area contributed by atoms with Gasteiger partial charge in [0.15, 0.2) is 0 Å². The second-order valence-electron chi connectivity index (χ2n) is 7.87. The quantitative estimate of drug-likeness (QED) is 0.914. The van der Waals surface area contributed by atoms with Gasteiger partial charge < -0.3 is 9.84 Å². The minimum Gasteiger partial charge on any atom is -0.496 e. The van der Waals surface area contributed by atoms with E-state index in [4.69, 9.17) is 4.74 Å². The van der Waals surface area contributed by atoms with Crippen molar-refractivity contribution in [1.29, 1.82) is 0 Å². The number of pyridine rings is 1. The second kappa shape index (κ2) is 7.01. The van der Waals surface area contributed by atoms with Crippen LogP contribution >= 0.6 is 0 Å². The first-order valence-electron chi connectivity index (χ1n) is 9.61. The molecule has 1 aliphatic heterocycles. The second-order valence-corrected chi connectivity index (χ2v) is 7.87. The van der Waals surface area contributed by atoms with Crippen molar-refractivity contribution in [2.75, 3.05) is 20.2 Å². The molecular weight excluding hydrogens is 324 g/mol. The third-order valence-corrected chi connectivity index (χ3v) is 6.21. The molecule has 1 aliphatic carbocycles. The van der Waals surface area contributed by atoms with E-state index in [2.05, 4.69) is 35.0 Å². The molecule has 1 aromatic carbocycles. The maximum atomic E-state index is 11.6. The number of aliphatic hydroxyl groups is 1. The molecule has 1 saturated heterocycles. The van der Waals surface area contributed by atoms with E-state index in [1.807, 2.05) is 18.2 Å². The fourth-order valence-corrected chi connectivity index (χ4v) is 4.96. The Morgan fingerprint density at radius 3 is 2.62 bits per heavy atom. The van der Waals surface area contributed by atoms with Gasteiger partial charge in [-0.05, 0) is 38.0 Å². The van der Waals surface area contributed by atoms with E-state index in [0.717, 1.165) is 43.9 Å². The molecule has 26 heavy (non-hydrogen) atoms. The van der Waals surface area contributed by atoms with Gasteiger partial charge in [0.05, 0.1) is 12.8 Å². The molecular formula is C22H28N2O2. The SMILES string of the molecule is COc1ccc(C)cc1CN1C[C@@H]2CCC[C@@H](C1)C2(O)c1ccccn1. The summed E-state index contributed by atoms with van der Waals surface area (Å²) in [7, 11) is 1.74. The van der Waals surface area contributed by atoms with Crippen molar-refractivity contribution in [2.24, 2.45) is 11.8 Å². The minimum absolute atomic E-state index is 0.237. The molecule has 4 nitrogen and oxygen atoms in total. The van der Waals surface area contributed by atoms with E-state index in [9.17, 15) is 5.11 Å². The van der Waals surface area contributed by atoms with Crippen molar-refractivity contribution >= 4 is 0 Å². The summed E-state index contributed by atoms with van der Waals surface area (Å²) >= 11 is 0. The van der Waals surface area contributed by atoms with Crippen LogP contribution < -0.4 is 4.74 Å². The number of fused-ring (bicyclic) bond motifs is 2. The Bertz CT molecular complexity index is 748. The first kappa shape index (κ1) is 17.5. The predicted molar refractivity (Wildman–Crippen MR) is 102 cm³/mol. The van der Waals surface area contributed by atoms with Gasteiger partial charge >= 0.3 is 0 Å². The molecule has 0 amide bonds. The van der Waals surface area contributed by atoms with Gasteiger partial charge in [0.25, 0.3) is 0 Å². The highest BCUT2D eigenvalue weighted by atomic mass is 16.5. The molecule has 1 aromatic heterocycles. The monoisotopic (exact) mass is 352 g/mol. The Morgan fingerprint density at radius 1 is 1.19 bits per heavy atom. The largest absolute Gasteiger partial charge is 0.496 e. The fraction of sp³-hybridized carbons (Fsp3) is 0.500. The third-order valence-electron chi connectivity index (χ3n) is 6.21. The Balaban J connectivity index is 1.58. The average molecular weight is 352 g/mol. The number of aryl methyl sites for hydroxylation is 1. The summed E-state index contributed by atoms with van der Waals surface area (Å²) in [5.74, 6) is 1.42. The fourth-order valence-electron chi connectivity index (χ4n) is 4.96. The van der Waals surface area contributed by atoms with Crippen LogP contribution in [0.2, 0.25) is 0 Å². The topological polar surface area (TPSA) is 45.6 Å². The lowest BCUT2D eigenvalue weighted by atomic mass is 9.64. The number of rotatable bonds is 4. The maximum absolute atomic E-state index is 11.6. The number of likely N-dealkylation sites (tertiary alicyclic amines) is 1. The molecule has 0 spiro atoms. The molecule has 2 aliphatic rings. The van der Waals surface area contributed by atoms with Gasteiger partial charge in [-0.3, -0.25) is 9.88 Å². The Hall–Kier alpha value is -1.91. The minimum atomic E-state index is -0.785. The van der Waals surface area contributed by atoms with Gasteiger partial charge in [-0.1, -0.05) is 30.2 Å². The van der Waals surface area contributed by atoms with Crippen LogP contribution in [-0.4, -0.2) is 35.2 Å². The molecule has 2 aromatic rings. The number of piperidine rings is 1. The smallest absolute Gasteiger partial charge is 0.123 e. The van der Waals surface area contributed by atoms with Crippen LogP contribution in [0.3, 0.4) is 0 Å². The Labute approximate surface area is 155 Å². The summed E-state index contributed by atoms with van der Waals surface area (Å²) in [6.45, 7) is 4.80. The van der Waals surface area contributed by atoms with Crippen molar-refractivity contribution < 1.29 is 9.84 Å². The lowest BCUT2D eigenvalue weighted by Gasteiger charge is -2.52. The van der Waals surface area contributed by atoms with Gasteiger partial charge in [0.1, 0.15) is 11.4 Å². The van der Waals surface area contributed by atoms with Crippen molar-refractivity contribution in [3.8, 4) is 5.75 Å². The van der Waals surface area contributed by atoms with Crippen LogP contribution in [-0.2, 0) is 12.1 Å². The van der Waals surface area contributed by atoms with Crippen LogP contribution in [0.5, 0.6) is 5.75 Å². The standard InChI is InChI=1S/C22H28N2O2/c1-16-9-10-20(26-2)17(12-16)13-24-14-18-6-5-7-19(15-24)22(18,25)21-8-3-4-11-23-21/h3-4,8-12,18-19,25H,5-7,13-15H2,1-2H3/t18-,19-/m0/s1. The molecule has 2 bridgehead atoms.